The third-order valence-corrected chi connectivity index (χ3v) is 7.29. The molecule has 1 aromatic carbocycles. The lowest BCUT2D eigenvalue weighted by molar-refractivity contribution is 0.398. The lowest BCUT2D eigenvalue weighted by atomic mass is 10.2. The molecule has 0 unspecified atom stereocenters. The summed E-state index contributed by atoms with van der Waals surface area (Å²) >= 11 is 1.51. The van der Waals surface area contributed by atoms with Crippen molar-refractivity contribution >= 4 is 21.4 Å². The van der Waals surface area contributed by atoms with Crippen molar-refractivity contribution < 1.29 is 8.42 Å². The number of hydrogen-bond donors (Lipinski definition) is 0. The molecule has 7 heteroatoms. The second-order valence-corrected chi connectivity index (χ2v) is 9.92. The van der Waals surface area contributed by atoms with Crippen molar-refractivity contribution in [3.05, 3.63) is 59.6 Å². The van der Waals surface area contributed by atoms with Crippen LogP contribution in [0.15, 0.2) is 58.9 Å². The van der Waals surface area contributed by atoms with Gasteiger partial charge < -0.3 is 0 Å². The van der Waals surface area contributed by atoms with Crippen LogP contribution in [0.25, 0.3) is 10.6 Å². The first-order chi connectivity index (χ1) is 13.4. The van der Waals surface area contributed by atoms with Crippen LogP contribution in [-0.4, -0.2) is 29.0 Å². The van der Waals surface area contributed by atoms with E-state index in [2.05, 4.69) is 12.0 Å². The Kier molecular flexibility index (Phi) is 6.69. The van der Waals surface area contributed by atoms with Gasteiger partial charge in [0.2, 0.25) is 10.0 Å². The highest BCUT2D eigenvalue weighted by Gasteiger charge is 2.30. The molecule has 0 radical (unpaired) electrons. The minimum absolute atomic E-state index is 0.0841. The van der Waals surface area contributed by atoms with E-state index in [0.29, 0.717) is 18.8 Å². The maximum absolute atomic E-state index is 13.7. The molecule has 0 fully saturated rings. The van der Waals surface area contributed by atoms with Gasteiger partial charge in [-0.05, 0) is 37.3 Å². The molecule has 150 valence electrons. The topological polar surface area (TPSA) is 55.2 Å². The van der Waals surface area contributed by atoms with Gasteiger partial charge >= 0.3 is 0 Å². The van der Waals surface area contributed by atoms with Crippen molar-refractivity contribution in [2.45, 2.75) is 51.1 Å². The van der Waals surface area contributed by atoms with Crippen LogP contribution in [0.3, 0.4) is 0 Å². The second kappa shape index (κ2) is 9.03. The fourth-order valence-electron chi connectivity index (χ4n) is 2.96. The van der Waals surface area contributed by atoms with E-state index in [4.69, 9.17) is 0 Å². The standard InChI is InChI=1S/C21H27N3O2S2/c1-4-5-13-23(15-18-10-7-6-8-11-18)28(25,26)20-16-24(17(2)3)22-21(20)19-12-9-14-27-19/h6-12,14,16-17H,4-5,13,15H2,1-3H3. The van der Waals surface area contributed by atoms with Gasteiger partial charge in [-0.3, -0.25) is 4.68 Å². The van der Waals surface area contributed by atoms with Crippen molar-refractivity contribution in [2.24, 2.45) is 0 Å². The van der Waals surface area contributed by atoms with E-state index in [9.17, 15) is 8.42 Å². The Hall–Kier alpha value is -1.96. The highest BCUT2D eigenvalue weighted by molar-refractivity contribution is 7.89. The van der Waals surface area contributed by atoms with Crippen molar-refractivity contribution in [1.29, 1.82) is 0 Å². The number of rotatable bonds is 9. The van der Waals surface area contributed by atoms with E-state index in [-0.39, 0.29) is 10.9 Å². The summed E-state index contributed by atoms with van der Waals surface area (Å²) in [5, 5.41) is 6.55. The molecule has 0 saturated carbocycles. The highest BCUT2D eigenvalue weighted by atomic mass is 32.2. The molecule has 0 aliphatic carbocycles. The predicted molar refractivity (Wildman–Crippen MR) is 115 cm³/mol. The molecular weight excluding hydrogens is 390 g/mol. The van der Waals surface area contributed by atoms with Crippen LogP contribution in [0.5, 0.6) is 0 Å². The third-order valence-electron chi connectivity index (χ3n) is 4.56. The number of sulfonamides is 1. The number of thiophene rings is 1. The zero-order valence-electron chi connectivity index (χ0n) is 16.6. The van der Waals surface area contributed by atoms with Gasteiger partial charge in [0.15, 0.2) is 0 Å². The summed E-state index contributed by atoms with van der Waals surface area (Å²) in [6, 6.07) is 13.7. The zero-order chi connectivity index (χ0) is 20.1. The van der Waals surface area contributed by atoms with Crippen LogP contribution < -0.4 is 0 Å². The average Bonchev–Trinajstić information content (AvgIpc) is 3.35. The Morgan fingerprint density at radius 2 is 1.89 bits per heavy atom. The molecule has 2 heterocycles. The van der Waals surface area contributed by atoms with E-state index in [1.807, 2.05) is 61.7 Å². The van der Waals surface area contributed by atoms with Crippen LogP contribution in [-0.2, 0) is 16.6 Å². The molecule has 0 aliphatic rings. The number of nitrogens with zero attached hydrogens (tertiary/aromatic N) is 3. The summed E-state index contributed by atoms with van der Waals surface area (Å²) < 4.78 is 30.7. The Bertz CT molecular complexity index is 978. The molecule has 3 rings (SSSR count). The molecule has 5 nitrogen and oxygen atoms in total. The maximum atomic E-state index is 13.7. The largest absolute Gasteiger partial charge is 0.268 e. The maximum Gasteiger partial charge on any atom is 0.247 e. The molecule has 28 heavy (non-hydrogen) atoms. The second-order valence-electron chi connectivity index (χ2n) is 7.07. The minimum atomic E-state index is -3.68. The number of hydrogen-bond acceptors (Lipinski definition) is 4. The molecule has 0 aliphatic heterocycles. The summed E-state index contributed by atoms with van der Waals surface area (Å²) in [5.74, 6) is 0. The minimum Gasteiger partial charge on any atom is -0.268 e. The lowest BCUT2D eigenvalue weighted by Gasteiger charge is -2.22. The van der Waals surface area contributed by atoms with Gasteiger partial charge in [0.05, 0.1) is 4.88 Å². The average molecular weight is 418 g/mol. The summed E-state index contributed by atoms with van der Waals surface area (Å²) in [5.41, 5.74) is 1.52. The molecular formula is C21H27N3O2S2. The van der Waals surface area contributed by atoms with E-state index in [1.165, 1.54) is 11.3 Å². The van der Waals surface area contributed by atoms with Gasteiger partial charge in [0.1, 0.15) is 10.6 Å². The first-order valence-electron chi connectivity index (χ1n) is 9.60. The van der Waals surface area contributed by atoms with Crippen LogP contribution in [0.1, 0.15) is 45.2 Å². The summed E-state index contributed by atoms with van der Waals surface area (Å²) in [6.07, 6.45) is 3.43. The highest BCUT2D eigenvalue weighted by Crippen LogP contribution is 2.33. The van der Waals surface area contributed by atoms with Crippen LogP contribution in [0.4, 0.5) is 0 Å². The Labute approximate surface area is 171 Å². The first kappa shape index (κ1) is 20.8. The lowest BCUT2D eigenvalue weighted by Crippen LogP contribution is -2.31. The van der Waals surface area contributed by atoms with Crippen molar-refractivity contribution in [2.75, 3.05) is 6.54 Å². The van der Waals surface area contributed by atoms with Gasteiger partial charge in [0.25, 0.3) is 0 Å². The molecule has 0 spiro atoms. The number of benzene rings is 1. The van der Waals surface area contributed by atoms with Crippen LogP contribution >= 0.6 is 11.3 Å². The fraction of sp³-hybridized carbons (Fsp3) is 0.381. The Morgan fingerprint density at radius 3 is 2.50 bits per heavy atom. The van der Waals surface area contributed by atoms with Gasteiger partial charge in [-0.1, -0.05) is 49.7 Å². The van der Waals surface area contributed by atoms with E-state index >= 15 is 0 Å². The number of aromatic nitrogens is 2. The molecule has 0 N–H and O–H groups in total. The summed E-state index contributed by atoms with van der Waals surface area (Å²) in [4.78, 5) is 1.16. The molecule has 0 amide bonds. The monoisotopic (exact) mass is 417 g/mol. The molecule has 0 atom stereocenters. The third kappa shape index (κ3) is 4.54. The normalized spacial score (nSPS) is 12.2. The zero-order valence-corrected chi connectivity index (χ0v) is 18.2. The van der Waals surface area contributed by atoms with Gasteiger partial charge in [-0.25, -0.2) is 8.42 Å². The van der Waals surface area contributed by atoms with Gasteiger partial charge in [-0.15, -0.1) is 11.3 Å². The van der Waals surface area contributed by atoms with E-state index < -0.39 is 10.0 Å². The molecule has 0 saturated heterocycles. The van der Waals surface area contributed by atoms with E-state index in [1.54, 1.807) is 15.2 Å². The quantitative estimate of drug-likeness (QED) is 0.482. The fourth-order valence-corrected chi connectivity index (χ4v) is 5.35. The van der Waals surface area contributed by atoms with Gasteiger partial charge in [0, 0.05) is 25.3 Å². The number of unbranched alkanes of at least 4 members (excludes halogenated alkanes) is 1. The van der Waals surface area contributed by atoms with Crippen molar-refractivity contribution in [3.63, 3.8) is 0 Å². The SMILES string of the molecule is CCCCN(Cc1ccccc1)S(=O)(=O)c1cn(C(C)C)nc1-c1cccs1. The van der Waals surface area contributed by atoms with Crippen molar-refractivity contribution in [1.82, 2.24) is 14.1 Å². The van der Waals surface area contributed by atoms with Crippen LogP contribution in [0, 0.1) is 0 Å². The molecule has 2 aromatic heterocycles. The smallest absolute Gasteiger partial charge is 0.247 e. The molecule has 3 aromatic rings. The van der Waals surface area contributed by atoms with Crippen LogP contribution in [0.2, 0.25) is 0 Å². The van der Waals surface area contributed by atoms with E-state index in [0.717, 1.165) is 23.3 Å². The predicted octanol–water partition coefficient (Wildman–Crippen LogP) is 5.18. The molecule has 0 bridgehead atoms. The summed E-state index contributed by atoms with van der Waals surface area (Å²) in [6.45, 7) is 6.92. The Balaban J connectivity index is 2.05. The first-order valence-corrected chi connectivity index (χ1v) is 11.9. The summed E-state index contributed by atoms with van der Waals surface area (Å²) in [7, 11) is -3.68. The van der Waals surface area contributed by atoms with Gasteiger partial charge in [-0.2, -0.15) is 9.40 Å². The Morgan fingerprint density at radius 1 is 1.14 bits per heavy atom. The van der Waals surface area contributed by atoms with Crippen molar-refractivity contribution in [3.8, 4) is 10.6 Å².